The van der Waals surface area contributed by atoms with E-state index < -0.39 is 63.2 Å². The maximum Gasteiger partial charge on any atom is 0.472 e. The number of unbranched alkanes of at least 4 members (excludes halogenated alkanes) is 15. The monoisotopic (exact) mass is 655 g/mol. The Morgan fingerprint density at radius 1 is 0.682 bits per heavy atom. The highest BCUT2D eigenvalue weighted by atomic mass is 31.2. The molecule has 1 aliphatic rings. The second-order valence-electron chi connectivity index (χ2n) is 12.4. The van der Waals surface area contributed by atoms with Crippen molar-refractivity contribution in [1.82, 2.24) is 5.32 Å². The number of carbonyl (C=O) groups excluding carboxylic acids is 1. The fourth-order valence-electron chi connectivity index (χ4n) is 5.49. The number of aliphatic hydroxyl groups excluding tert-OH is 6. The van der Waals surface area contributed by atoms with E-state index in [1.165, 1.54) is 51.4 Å². The van der Waals surface area contributed by atoms with Gasteiger partial charge in [0.15, 0.2) is 0 Å². The lowest BCUT2D eigenvalue weighted by Crippen LogP contribution is -2.64. The van der Waals surface area contributed by atoms with Crippen molar-refractivity contribution in [2.24, 2.45) is 0 Å². The predicted octanol–water partition coefficient (Wildman–Crippen LogP) is 3.60. The maximum absolute atomic E-state index is 12.7. The Balaban J connectivity index is 2.64. The standard InChI is InChI=1S/C31H62NO11P/c1-3-5-7-9-11-12-13-15-16-18-20-24(33)23(32-25(34)21-19-17-14-10-8-6-4-2)22-42-44(40,41)43-31-29(38)27(36)26(35)28(37)30(31)39/h23-24,26-31,33,35-39H,3-22H2,1-2H3,(H,32,34)(H,40,41)/t23-,24+,26?,27+,28?,29?,30?,31?/m0/s1. The Morgan fingerprint density at radius 2 is 1.09 bits per heavy atom. The van der Waals surface area contributed by atoms with Crippen molar-refractivity contribution >= 4 is 13.7 Å². The quantitative estimate of drug-likeness (QED) is 0.0499. The Kier molecular flexibility index (Phi) is 22.2. The molecular weight excluding hydrogens is 593 g/mol. The van der Waals surface area contributed by atoms with Gasteiger partial charge in [0, 0.05) is 6.42 Å². The molecule has 0 aromatic rings. The first-order chi connectivity index (χ1) is 20.9. The van der Waals surface area contributed by atoms with E-state index in [1.54, 1.807) is 0 Å². The summed E-state index contributed by atoms with van der Waals surface area (Å²) in [7, 11) is -5.03. The first-order valence-electron chi connectivity index (χ1n) is 17.0. The third kappa shape index (κ3) is 16.8. The van der Waals surface area contributed by atoms with Crippen LogP contribution in [0.3, 0.4) is 0 Å². The smallest absolute Gasteiger partial charge is 0.391 e. The molecule has 0 heterocycles. The van der Waals surface area contributed by atoms with Gasteiger partial charge in [-0.25, -0.2) is 4.57 Å². The number of carbonyl (C=O) groups is 1. The molecule has 0 aromatic carbocycles. The van der Waals surface area contributed by atoms with E-state index in [0.717, 1.165) is 44.9 Å². The number of nitrogens with one attached hydrogen (secondary N) is 1. The third-order valence-electron chi connectivity index (χ3n) is 8.42. The lowest BCUT2D eigenvalue weighted by Gasteiger charge is -2.41. The highest BCUT2D eigenvalue weighted by molar-refractivity contribution is 7.47. The topological polar surface area (TPSA) is 206 Å². The van der Waals surface area contributed by atoms with Gasteiger partial charge in [0.2, 0.25) is 5.91 Å². The molecule has 1 amide bonds. The second-order valence-corrected chi connectivity index (χ2v) is 13.8. The Labute approximate surface area is 264 Å². The number of amides is 1. The summed E-state index contributed by atoms with van der Waals surface area (Å²) < 4.78 is 22.6. The number of hydrogen-bond acceptors (Lipinski definition) is 10. The Bertz CT molecular complexity index is 776. The Morgan fingerprint density at radius 3 is 1.57 bits per heavy atom. The van der Waals surface area contributed by atoms with Gasteiger partial charge in [-0.15, -0.1) is 0 Å². The number of phosphoric acid groups is 1. The summed E-state index contributed by atoms with van der Waals surface area (Å²) in [6, 6.07) is -1.02. The van der Waals surface area contributed by atoms with Gasteiger partial charge in [0.25, 0.3) is 0 Å². The van der Waals surface area contributed by atoms with E-state index in [9.17, 15) is 44.9 Å². The van der Waals surface area contributed by atoms with Crippen molar-refractivity contribution < 1.29 is 53.9 Å². The molecule has 0 bridgehead atoms. The fraction of sp³-hybridized carbons (Fsp3) is 0.968. The van der Waals surface area contributed by atoms with Crippen LogP contribution >= 0.6 is 7.82 Å². The van der Waals surface area contributed by atoms with Crippen molar-refractivity contribution in [3.05, 3.63) is 0 Å². The van der Waals surface area contributed by atoms with Crippen LogP contribution in [0.2, 0.25) is 0 Å². The van der Waals surface area contributed by atoms with Gasteiger partial charge in [0.05, 0.1) is 18.8 Å². The second kappa shape index (κ2) is 23.6. The summed E-state index contributed by atoms with van der Waals surface area (Å²) in [5.41, 5.74) is 0. The molecule has 262 valence electrons. The minimum Gasteiger partial charge on any atom is -0.391 e. The average Bonchev–Trinajstić information content (AvgIpc) is 2.99. The van der Waals surface area contributed by atoms with Gasteiger partial charge < -0.3 is 40.8 Å². The molecule has 8 N–H and O–H groups in total. The Hall–Kier alpha value is -0.660. The van der Waals surface area contributed by atoms with Crippen LogP contribution in [-0.2, 0) is 18.4 Å². The van der Waals surface area contributed by atoms with E-state index in [0.29, 0.717) is 19.3 Å². The zero-order valence-electron chi connectivity index (χ0n) is 27.0. The van der Waals surface area contributed by atoms with Gasteiger partial charge in [0.1, 0.15) is 36.6 Å². The number of aliphatic hydroxyl groups is 6. The van der Waals surface area contributed by atoms with Crippen LogP contribution < -0.4 is 5.32 Å². The number of rotatable bonds is 26. The predicted molar refractivity (Wildman–Crippen MR) is 168 cm³/mol. The van der Waals surface area contributed by atoms with Gasteiger partial charge in [-0.2, -0.15) is 0 Å². The zero-order chi connectivity index (χ0) is 33.0. The molecule has 9 atom stereocenters. The largest absolute Gasteiger partial charge is 0.472 e. The highest BCUT2D eigenvalue weighted by Gasteiger charge is 2.51. The van der Waals surface area contributed by atoms with Crippen molar-refractivity contribution in [2.75, 3.05) is 6.61 Å². The number of hydrogen-bond donors (Lipinski definition) is 8. The molecule has 1 saturated carbocycles. The summed E-state index contributed by atoms with van der Waals surface area (Å²) in [6.07, 6.45) is 6.25. The van der Waals surface area contributed by atoms with E-state index in [-0.39, 0.29) is 12.3 Å². The summed E-state index contributed by atoms with van der Waals surface area (Å²) in [5.74, 6) is -0.318. The number of phosphoric ester groups is 1. The molecule has 1 aliphatic carbocycles. The van der Waals surface area contributed by atoms with Crippen LogP contribution in [0, 0.1) is 0 Å². The molecule has 6 unspecified atom stereocenters. The summed E-state index contributed by atoms with van der Waals surface area (Å²) in [4.78, 5) is 23.0. The van der Waals surface area contributed by atoms with Crippen LogP contribution in [0.5, 0.6) is 0 Å². The van der Waals surface area contributed by atoms with Crippen LogP contribution in [0.1, 0.15) is 136 Å². The fourth-order valence-corrected chi connectivity index (χ4v) is 6.46. The van der Waals surface area contributed by atoms with Gasteiger partial charge in [-0.1, -0.05) is 117 Å². The minimum atomic E-state index is -5.03. The van der Waals surface area contributed by atoms with Crippen LogP contribution in [-0.4, -0.2) is 96.8 Å². The molecular formula is C31H62NO11P. The summed E-state index contributed by atoms with van der Waals surface area (Å²) >= 11 is 0. The lowest BCUT2D eigenvalue weighted by atomic mass is 9.85. The molecule has 13 heteroatoms. The first kappa shape index (κ1) is 41.4. The van der Waals surface area contributed by atoms with Crippen LogP contribution in [0.25, 0.3) is 0 Å². The highest BCUT2D eigenvalue weighted by Crippen LogP contribution is 2.47. The molecule has 1 fully saturated rings. The maximum atomic E-state index is 12.7. The molecule has 0 radical (unpaired) electrons. The summed E-state index contributed by atoms with van der Waals surface area (Å²) in [6.45, 7) is 3.75. The van der Waals surface area contributed by atoms with Crippen molar-refractivity contribution in [3.63, 3.8) is 0 Å². The molecule has 12 nitrogen and oxygen atoms in total. The average molecular weight is 656 g/mol. The van der Waals surface area contributed by atoms with Gasteiger partial charge >= 0.3 is 7.82 Å². The molecule has 1 rings (SSSR count). The van der Waals surface area contributed by atoms with Crippen LogP contribution in [0.15, 0.2) is 0 Å². The van der Waals surface area contributed by atoms with Crippen molar-refractivity contribution in [1.29, 1.82) is 0 Å². The normalized spacial score (nSPS) is 26.7. The molecule has 0 saturated heterocycles. The third-order valence-corrected chi connectivity index (χ3v) is 9.40. The minimum absolute atomic E-state index is 0.237. The van der Waals surface area contributed by atoms with E-state index in [1.807, 2.05) is 0 Å². The SMILES string of the molecule is CCCCCCCCCCCC[C@@H](O)[C@H](COP(=O)(O)OC1C(O)C(O)C(O)[C@@H](O)C1O)NC(=O)CCCCCCCCC. The van der Waals surface area contributed by atoms with Crippen molar-refractivity contribution in [3.8, 4) is 0 Å². The zero-order valence-corrected chi connectivity index (χ0v) is 27.9. The summed E-state index contributed by atoms with van der Waals surface area (Å²) in [5, 5.41) is 63.4. The molecule has 0 aliphatic heterocycles. The van der Waals surface area contributed by atoms with Crippen LogP contribution in [0.4, 0.5) is 0 Å². The van der Waals surface area contributed by atoms with E-state index in [4.69, 9.17) is 9.05 Å². The van der Waals surface area contributed by atoms with Gasteiger partial charge in [-0.3, -0.25) is 13.8 Å². The first-order valence-corrected chi connectivity index (χ1v) is 18.5. The molecule has 0 aromatic heterocycles. The van der Waals surface area contributed by atoms with Gasteiger partial charge in [-0.05, 0) is 12.8 Å². The van der Waals surface area contributed by atoms with E-state index in [2.05, 4.69) is 19.2 Å². The molecule has 44 heavy (non-hydrogen) atoms. The lowest BCUT2D eigenvalue weighted by molar-refractivity contribution is -0.220. The van der Waals surface area contributed by atoms with E-state index >= 15 is 0 Å². The molecule has 0 spiro atoms. The van der Waals surface area contributed by atoms with Crippen molar-refractivity contribution in [2.45, 2.75) is 185 Å².